The van der Waals surface area contributed by atoms with E-state index < -0.39 is 0 Å². The van der Waals surface area contributed by atoms with Crippen molar-refractivity contribution in [3.63, 3.8) is 0 Å². The molecule has 2 aliphatic heterocycles. The zero-order valence-electron chi connectivity index (χ0n) is 17.2. The van der Waals surface area contributed by atoms with Crippen LogP contribution in [0.5, 0.6) is 0 Å². The first kappa shape index (κ1) is 19.5. The van der Waals surface area contributed by atoms with Gasteiger partial charge in [0.25, 0.3) is 11.5 Å². The number of hydrogen-bond acceptors (Lipinski definition) is 4. The van der Waals surface area contributed by atoms with Gasteiger partial charge in [0.05, 0.1) is 10.9 Å². The summed E-state index contributed by atoms with van der Waals surface area (Å²) in [5.74, 6) is 0.569. The largest absolute Gasteiger partial charge is 0.326 e. The van der Waals surface area contributed by atoms with Crippen LogP contribution in [0.3, 0.4) is 0 Å². The first-order chi connectivity index (χ1) is 15.1. The summed E-state index contributed by atoms with van der Waals surface area (Å²) in [7, 11) is 0. The van der Waals surface area contributed by atoms with Crippen molar-refractivity contribution in [1.29, 1.82) is 0 Å². The van der Waals surface area contributed by atoms with E-state index in [0.29, 0.717) is 41.5 Å². The molecule has 0 spiro atoms. The molecule has 2 N–H and O–H groups in total. The molecule has 0 unspecified atom stereocenters. The van der Waals surface area contributed by atoms with E-state index in [2.05, 4.69) is 10.6 Å². The molecule has 0 bridgehead atoms. The Bertz CT molecular complexity index is 1260. The second-order valence-corrected chi connectivity index (χ2v) is 8.26. The summed E-state index contributed by atoms with van der Waals surface area (Å²) >= 11 is 0. The number of carbonyl (C=O) groups excluding carboxylic acids is 2. The summed E-state index contributed by atoms with van der Waals surface area (Å²) in [6, 6.07) is 10.5. The molecular weight excluding hydrogens is 392 g/mol. The fourth-order valence-corrected chi connectivity index (χ4v) is 4.40. The van der Waals surface area contributed by atoms with Crippen LogP contribution >= 0.6 is 0 Å². The molecule has 3 aromatic rings. The quantitative estimate of drug-likeness (QED) is 0.667. The Morgan fingerprint density at radius 3 is 2.74 bits per heavy atom. The van der Waals surface area contributed by atoms with E-state index in [1.54, 1.807) is 28.8 Å². The van der Waals surface area contributed by atoms with Crippen LogP contribution < -0.4 is 16.2 Å². The van der Waals surface area contributed by atoms with Crippen molar-refractivity contribution in [1.82, 2.24) is 9.55 Å². The molecule has 0 saturated heterocycles. The minimum absolute atomic E-state index is 0.0115. The zero-order chi connectivity index (χ0) is 21.4. The number of aromatic nitrogens is 2. The van der Waals surface area contributed by atoms with Crippen LogP contribution in [0.2, 0.25) is 0 Å². The molecule has 3 heterocycles. The molecule has 7 nitrogen and oxygen atoms in total. The Morgan fingerprint density at radius 1 is 0.968 bits per heavy atom. The number of aryl methyl sites for hydroxylation is 2. The Balaban J connectivity index is 1.43. The van der Waals surface area contributed by atoms with Gasteiger partial charge in [0, 0.05) is 36.3 Å². The van der Waals surface area contributed by atoms with Crippen LogP contribution in [0, 0.1) is 0 Å². The lowest BCUT2D eigenvalue weighted by atomic mass is 10.0. The highest BCUT2D eigenvalue weighted by Crippen LogP contribution is 2.26. The summed E-state index contributed by atoms with van der Waals surface area (Å²) in [6.07, 6.45) is 6.19. The molecular formula is C24H24N4O3. The maximum atomic E-state index is 13.0. The lowest BCUT2D eigenvalue weighted by molar-refractivity contribution is -0.116. The predicted molar refractivity (Wildman–Crippen MR) is 120 cm³/mol. The van der Waals surface area contributed by atoms with E-state index >= 15 is 0 Å². The molecule has 158 valence electrons. The highest BCUT2D eigenvalue weighted by molar-refractivity contribution is 6.06. The number of anilines is 2. The van der Waals surface area contributed by atoms with Crippen LogP contribution in [-0.4, -0.2) is 21.4 Å². The van der Waals surface area contributed by atoms with Crippen molar-refractivity contribution in [3.05, 3.63) is 63.7 Å². The van der Waals surface area contributed by atoms with Gasteiger partial charge >= 0.3 is 0 Å². The van der Waals surface area contributed by atoms with Crippen molar-refractivity contribution in [2.45, 2.75) is 51.5 Å². The van der Waals surface area contributed by atoms with Crippen LogP contribution in [0.4, 0.5) is 11.4 Å². The van der Waals surface area contributed by atoms with Crippen LogP contribution in [0.1, 0.15) is 53.8 Å². The Labute approximate surface area is 179 Å². The molecule has 0 saturated carbocycles. The van der Waals surface area contributed by atoms with Crippen molar-refractivity contribution < 1.29 is 9.59 Å². The number of nitrogens with one attached hydrogen (secondary N) is 2. The number of amides is 2. The van der Waals surface area contributed by atoms with Gasteiger partial charge in [0.15, 0.2) is 0 Å². The third-order valence-electron chi connectivity index (χ3n) is 6.09. The van der Waals surface area contributed by atoms with Gasteiger partial charge in [-0.25, -0.2) is 4.98 Å². The molecule has 5 rings (SSSR count). The number of benzene rings is 2. The maximum Gasteiger partial charge on any atom is 0.261 e. The van der Waals surface area contributed by atoms with Crippen LogP contribution in [0.25, 0.3) is 10.9 Å². The summed E-state index contributed by atoms with van der Waals surface area (Å²) in [6.45, 7) is 0.706. The van der Waals surface area contributed by atoms with Gasteiger partial charge in [-0.2, -0.15) is 0 Å². The number of rotatable bonds is 2. The first-order valence-corrected chi connectivity index (χ1v) is 10.9. The summed E-state index contributed by atoms with van der Waals surface area (Å²) in [5.41, 5.74) is 3.47. The van der Waals surface area contributed by atoms with E-state index in [4.69, 9.17) is 4.98 Å². The molecule has 0 atom stereocenters. The summed E-state index contributed by atoms with van der Waals surface area (Å²) in [5, 5.41) is 6.30. The van der Waals surface area contributed by atoms with Crippen molar-refractivity contribution in [2.75, 3.05) is 10.6 Å². The van der Waals surface area contributed by atoms with Gasteiger partial charge in [-0.1, -0.05) is 12.8 Å². The first-order valence-electron chi connectivity index (χ1n) is 10.9. The van der Waals surface area contributed by atoms with Crippen LogP contribution in [-0.2, 0) is 24.2 Å². The molecule has 31 heavy (non-hydrogen) atoms. The van der Waals surface area contributed by atoms with Crippen LogP contribution in [0.15, 0.2) is 41.2 Å². The smallest absolute Gasteiger partial charge is 0.261 e. The van der Waals surface area contributed by atoms with E-state index in [-0.39, 0.29) is 17.4 Å². The lowest BCUT2D eigenvalue weighted by Gasteiger charge is -2.18. The van der Waals surface area contributed by atoms with E-state index in [9.17, 15) is 14.4 Å². The highest BCUT2D eigenvalue weighted by Gasteiger charge is 2.17. The second-order valence-electron chi connectivity index (χ2n) is 8.26. The average Bonchev–Trinajstić information content (AvgIpc) is 2.75. The minimum atomic E-state index is -0.254. The summed E-state index contributed by atoms with van der Waals surface area (Å²) < 4.78 is 1.80. The maximum absolute atomic E-state index is 13.0. The predicted octanol–water partition coefficient (Wildman–Crippen LogP) is 3.65. The molecule has 2 amide bonds. The third kappa shape index (κ3) is 3.83. The van der Waals surface area contributed by atoms with Crippen molar-refractivity contribution >= 4 is 34.1 Å². The molecule has 0 fully saturated rings. The molecule has 7 heteroatoms. The second kappa shape index (κ2) is 7.98. The van der Waals surface area contributed by atoms with E-state index in [0.717, 1.165) is 49.2 Å². The number of carbonyl (C=O) groups is 2. The normalized spacial score (nSPS) is 15.9. The fraction of sp³-hybridized carbons (Fsp3) is 0.333. The van der Waals surface area contributed by atoms with Gasteiger partial charge in [0.2, 0.25) is 5.91 Å². The molecule has 0 radical (unpaired) electrons. The standard InChI is InChI=1S/C24H24N4O3/c29-22-11-7-15-13-17(8-10-19(15)27-22)25-23(30)16-6-9-18-20(14-16)26-21-5-3-1-2-4-12-28(21)24(18)31/h6,8-10,13-14H,1-5,7,11-12H2,(H,25,30)(H,27,29). The highest BCUT2D eigenvalue weighted by atomic mass is 16.2. The van der Waals surface area contributed by atoms with Gasteiger partial charge in [-0.15, -0.1) is 0 Å². The van der Waals surface area contributed by atoms with E-state index in [1.165, 1.54) is 0 Å². The molecule has 1 aromatic heterocycles. The Morgan fingerprint density at radius 2 is 1.84 bits per heavy atom. The molecule has 2 aromatic carbocycles. The van der Waals surface area contributed by atoms with Crippen molar-refractivity contribution in [2.24, 2.45) is 0 Å². The fourth-order valence-electron chi connectivity index (χ4n) is 4.40. The monoisotopic (exact) mass is 416 g/mol. The number of fused-ring (bicyclic) bond motifs is 3. The third-order valence-corrected chi connectivity index (χ3v) is 6.09. The Kier molecular flexibility index (Phi) is 5.02. The molecule has 2 aliphatic rings. The average molecular weight is 416 g/mol. The topological polar surface area (TPSA) is 93.1 Å². The van der Waals surface area contributed by atoms with E-state index in [1.807, 2.05) is 12.1 Å². The minimum Gasteiger partial charge on any atom is -0.326 e. The lowest BCUT2D eigenvalue weighted by Crippen LogP contribution is -2.26. The number of hydrogen-bond donors (Lipinski definition) is 2. The zero-order valence-corrected chi connectivity index (χ0v) is 17.2. The van der Waals surface area contributed by atoms with Gasteiger partial charge in [-0.05, 0) is 61.2 Å². The molecule has 0 aliphatic carbocycles. The van der Waals surface area contributed by atoms with Gasteiger partial charge in [0.1, 0.15) is 5.82 Å². The number of nitrogens with zero attached hydrogens (tertiary/aromatic N) is 2. The van der Waals surface area contributed by atoms with Crippen molar-refractivity contribution in [3.8, 4) is 0 Å². The Hall–Kier alpha value is -3.48. The SMILES string of the molecule is O=C1CCc2cc(NC(=O)c3ccc4c(=O)n5c(nc4c3)CCCCCC5)ccc2N1. The summed E-state index contributed by atoms with van der Waals surface area (Å²) in [4.78, 5) is 42.1. The van der Waals surface area contributed by atoms with Gasteiger partial charge in [-0.3, -0.25) is 19.0 Å². The van der Waals surface area contributed by atoms with Gasteiger partial charge < -0.3 is 10.6 Å².